The third kappa shape index (κ3) is 4.82. The molecule has 2 aromatic rings. The average molecular weight is 341 g/mol. The summed E-state index contributed by atoms with van der Waals surface area (Å²) in [5.74, 6) is 0.466. The zero-order valence-electron chi connectivity index (χ0n) is 13.4. The number of aromatic nitrogens is 2. The maximum atomic E-state index is 13.1. The fraction of sp³-hybridized carbons (Fsp3) is 0.375. The van der Waals surface area contributed by atoms with Crippen LogP contribution in [0.15, 0.2) is 30.3 Å². The SMILES string of the molecule is COCCCNc1nc(-c2cccc(OC)c2)cc(C(F)(F)F)n1. The van der Waals surface area contributed by atoms with Gasteiger partial charge in [-0.05, 0) is 24.6 Å². The number of hydrogen-bond acceptors (Lipinski definition) is 5. The fourth-order valence-electron chi connectivity index (χ4n) is 2.02. The van der Waals surface area contributed by atoms with E-state index in [0.29, 0.717) is 30.9 Å². The predicted molar refractivity (Wildman–Crippen MR) is 84.0 cm³/mol. The van der Waals surface area contributed by atoms with Crippen LogP contribution >= 0.6 is 0 Å². The predicted octanol–water partition coefficient (Wildman–Crippen LogP) is 3.62. The molecule has 130 valence electrons. The Hall–Kier alpha value is -2.35. The van der Waals surface area contributed by atoms with Crippen LogP contribution in [0.5, 0.6) is 5.75 Å². The van der Waals surface area contributed by atoms with E-state index < -0.39 is 11.9 Å². The Balaban J connectivity index is 2.35. The number of ether oxygens (including phenoxy) is 2. The van der Waals surface area contributed by atoms with Crippen molar-refractivity contribution in [1.82, 2.24) is 9.97 Å². The lowest BCUT2D eigenvalue weighted by Crippen LogP contribution is -2.14. The van der Waals surface area contributed by atoms with Crippen LogP contribution in [0, 0.1) is 0 Å². The molecule has 0 aliphatic heterocycles. The number of halogens is 3. The standard InChI is InChI=1S/C16H18F3N3O2/c1-23-8-4-7-20-15-21-13(10-14(22-15)16(17,18)19)11-5-3-6-12(9-11)24-2/h3,5-6,9-10H,4,7-8H2,1-2H3,(H,20,21,22). The van der Waals surface area contributed by atoms with Gasteiger partial charge in [-0.3, -0.25) is 0 Å². The molecule has 8 heteroatoms. The second-order valence-electron chi connectivity index (χ2n) is 4.96. The van der Waals surface area contributed by atoms with Crippen LogP contribution < -0.4 is 10.1 Å². The number of anilines is 1. The number of nitrogens with zero attached hydrogens (tertiary/aromatic N) is 2. The van der Waals surface area contributed by atoms with Gasteiger partial charge in [0.15, 0.2) is 5.69 Å². The van der Waals surface area contributed by atoms with Crippen molar-refractivity contribution < 1.29 is 22.6 Å². The molecule has 24 heavy (non-hydrogen) atoms. The van der Waals surface area contributed by atoms with Gasteiger partial charge in [0.05, 0.1) is 12.8 Å². The second kappa shape index (κ2) is 7.96. The monoisotopic (exact) mass is 341 g/mol. The molecule has 0 radical (unpaired) electrons. The number of hydrogen-bond donors (Lipinski definition) is 1. The van der Waals surface area contributed by atoms with Crippen LogP contribution in [0.2, 0.25) is 0 Å². The number of benzene rings is 1. The smallest absolute Gasteiger partial charge is 0.433 e. The average Bonchev–Trinajstić information content (AvgIpc) is 2.58. The molecule has 0 fully saturated rings. The molecule has 0 aliphatic carbocycles. The highest BCUT2D eigenvalue weighted by Crippen LogP contribution is 2.31. The van der Waals surface area contributed by atoms with Gasteiger partial charge < -0.3 is 14.8 Å². The molecule has 0 spiro atoms. The van der Waals surface area contributed by atoms with Gasteiger partial charge in [0, 0.05) is 25.8 Å². The van der Waals surface area contributed by atoms with Crippen LogP contribution in [-0.2, 0) is 10.9 Å². The van der Waals surface area contributed by atoms with E-state index in [2.05, 4.69) is 15.3 Å². The Morgan fingerprint density at radius 2 is 1.92 bits per heavy atom. The zero-order chi connectivity index (χ0) is 17.6. The van der Waals surface area contributed by atoms with Crippen LogP contribution in [0.3, 0.4) is 0 Å². The zero-order valence-corrected chi connectivity index (χ0v) is 13.4. The first-order valence-electron chi connectivity index (χ1n) is 7.27. The quantitative estimate of drug-likeness (QED) is 0.780. The van der Waals surface area contributed by atoms with Gasteiger partial charge in [-0.15, -0.1) is 0 Å². The summed E-state index contributed by atoms with van der Waals surface area (Å²) < 4.78 is 49.3. The Morgan fingerprint density at radius 3 is 2.58 bits per heavy atom. The van der Waals surface area contributed by atoms with Crippen molar-refractivity contribution in [2.45, 2.75) is 12.6 Å². The third-order valence-electron chi connectivity index (χ3n) is 3.19. The number of methoxy groups -OCH3 is 2. The Kier molecular flexibility index (Phi) is 5.97. The second-order valence-corrected chi connectivity index (χ2v) is 4.96. The molecule has 0 unspecified atom stereocenters. The van der Waals surface area contributed by atoms with E-state index in [4.69, 9.17) is 9.47 Å². The van der Waals surface area contributed by atoms with Gasteiger partial charge >= 0.3 is 6.18 Å². The van der Waals surface area contributed by atoms with E-state index in [-0.39, 0.29) is 11.6 Å². The number of alkyl halides is 3. The van der Waals surface area contributed by atoms with Gasteiger partial charge in [-0.25, -0.2) is 9.97 Å². The molecule has 0 saturated carbocycles. The fourth-order valence-corrected chi connectivity index (χ4v) is 2.02. The van der Waals surface area contributed by atoms with Gasteiger partial charge in [0.25, 0.3) is 0 Å². The molecule has 0 atom stereocenters. The van der Waals surface area contributed by atoms with Crippen molar-refractivity contribution in [2.24, 2.45) is 0 Å². The summed E-state index contributed by atoms with van der Waals surface area (Å²) in [4.78, 5) is 7.72. The minimum absolute atomic E-state index is 0.0706. The highest BCUT2D eigenvalue weighted by molar-refractivity contribution is 5.63. The van der Waals surface area contributed by atoms with E-state index >= 15 is 0 Å². The summed E-state index contributed by atoms with van der Waals surface area (Å²) >= 11 is 0. The van der Waals surface area contributed by atoms with Crippen LogP contribution in [0.25, 0.3) is 11.3 Å². The van der Waals surface area contributed by atoms with E-state index in [0.717, 1.165) is 6.07 Å². The molecule has 1 heterocycles. The normalized spacial score (nSPS) is 11.4. The molecule has 0 aliphatic rings. The molecule has 1 aromatic heterocycles. The third-order valence-corrected chi connectivity index (χ3v) is 3.19. The van der Waals surface area contributed by atoms with Crippen LogP contribution in [0.1, 0.15) is 12.1 Å². The van der Waals surface area contributed by atoms with Crippen molar-refractivity contribution in [3.8, 4) is 17.0 Å². The van der Waals surface area contributed by atoms with E-state index in [9.17, 15) is 13.2 Å². The summed E-state index contributed by atoms with van der Waals surface area (Å²) in [6.45, 7) is 0.904. The molecular formula is C16H18F3N3O2. The van der Waals surface area contributed by atoms with Crippen molar-refractivity contribution in [3.63, 3.8) is 0 Å². The van der Waals surface area contributed by atoms with Gasteiger partial charge in [-0.1, -0.05) is 12.1 Å². The molecule has 5 nitrogen and oxygen atoms in total. The number of rotatable bonds is 7. The molecule has 2 rings (SSSR count). The first kappa shape index (κ1) is 18.0. The maximum Gasteiger partial charge on any atom is 0.433 e. The van der Waals surface area contributed by atoms with Crippen molar-refractivity contribution in [3.05, 3.63) is 36.0 Å². The Labute approximate surface area is 137 Å². The van der Waals surface area contributed by atoms with Crippen molar-refractivity contribution >= 4 is 5.95 Å². The van der Waals surface area contributed by atoms with Crippen molar-refractivity contribution in [1.29, 1.82) is 0 Å². The Bertz CT molecular complexity index is 678. The van der Waals surface area contributed by atoms with Gasteiger partial charge in [-0.2, -0.15) is 13.2 Å². The summed E-state index contributed by atoms with van der Waals surface area (Å²) in [7, 11) is 3.05. The van der Waals surface area contributed by atoms with E-state index in [1.807, 2.05) is 0 Å². The van der Waals surface area contributed by atoms with Crippen LogP contribution in [-0.4, -0.2) is 37.3 Å². The topological polar surface area (TPSA) is 56.3 Å². The minimum Gasteiger partial charge on any atom is -0.497 e. The largest absolute Gasteiger partial charge is 0.497 e. The Morgan fingerprint density at radius 1 is 1.12 bits per heavy atom. The maximum absolute atomic E-state index is 13.1. The minimum atomic E-state index is -4.56. The molecule has 1 N–H and O–H groups in total. The molecule has 1 aromatic carbocycles. The first-order chi connectivity index (χ1) is 11.4. The summed E-state index contributed by atoms with van der Waals surface area (Å²) in [5.41, 5.74) is -0.308. The summed E-state index contributed by atoms with van der Waals surface area (Å²) in [6, 6.07) is 7.61. The summed E-state index contributed by atoms with van der Waals surface area (Å²) in [6.07, 6.45) is -3.93. The lowest BCUT2D eigenvalue weighted by atomic mass is 10.1. The van der Waals surface area contributed by atoms with E-state index in [1.165, 1.54) is 7.11 Å². The molecule has 0 amide bonds. The lowest BCUT2D eigenvalue weighted by Gasteiger charge is -2.12. The van der Waals surface area contributed by atoms with Gasteiger partial charge in [0.1, 0.15) is 5.75 Å². The van der Waals surface area contributed by atoms with Crippen LogP contribution in [0.4, 0.5) is 19.1 Å². The molecule has 0 saturated heterocycles. The first-order valence-corrected chi connectivity index (χ1v) is 7.27. The number of nitrogens with one attached hydrogen (secondary N) is 1. The van der Waals surface area contributed by atoms with E-state index in [1.54, 1.807) is 31.4 Å². The van der Waals surface area contributed by atoms with Gasteiger partial charge in [0.2, 0.25) is 5.95 Å². The molecule has 0 bridgehead atoms. The molecular weight excluding hydrogens is 323 g/mol. The lowest BCUT2D eigenvalue weighted by molar-refractivity contribution is -0.141. The highest BCUT2D eigenvalue weighted by atomic mass is 19.4. The van der Waals surface area contributed by atoms with Crippen molar-refractivity contribution in [2.75, 3.05) is 32.7 Å². The highest BCUT2D eigenvalue weighted by Gasteiger charge is 2.33. The summed E-state index contributed by atoms with van der Waals surface area (Å²) in [5, 5.41) is 2.80.